The summed E-state index contributed by atoms with van der Waals surface area (Å²) in [7, 11) is 0. The first-order chi connectivity index (χ1) is 13.1. The van der Waals surface area contributed by atoms with E-state index in [0.717, 1.165) is 32.0 Å². The molecule has 0 spiro atoms. The molecule has 28 heavy (non-hydrogen) atoms. The number of imide groups is 1. The Balaban J connectivity index is 2.91. The second-order valence-electron chi connectivity index (χ2n) is 10.1. The first-order valence-corrected chi connectivity index (χ1v) is 11.4. The van der Waals surface area contributed by atoms with Crippen molar-refractivity contribution < 1.29 is 14.4 Å². The molecule has 0 bridgehead atoms. The van der Waals surface area contributed by atoms with Gasteiger partial charge in [-0.1, -0.05) is 72.6 Å². The summed E-state index contributed by atoms with van der Waals surface area (Å²) in [6, 6.07) is 0. The Kier molecular flexibility index (Phi) is 9.86. The number of carbonyl (C=O) groups is 3. The van der Waals surface area contributed by atoms with Crippen LogP contribution in [0.1, 0.15) is 112 Å². The van der Waals surface area contributed by atoms with Gasteiger partial charge in [-0.05, 0) is 39.0 Å². The number of hydrogen-bond donors (Lipinski definition) is 0. The summed E-state index contributed by atoms with van der Waals surface area (Å²) >= 11 is 0. The van der Waals surface area contributed by atoms with E-state index in [1.165, 1.54) is 37.0 Å². The number of amides is 2. The van der Waals surface area contributed by atoms with Crippen molar-refractivity contribution in [2.75, 3.05) is 0 Å². The smallest absolute Gasteiger partial charge is 0.233 e. The van der Waals surface area contributed by atoms with Crippen molar-refractivity contribution in [3.8, 4) is 0 Å². The molecule has 0 aromatic rings. The van der Waals surface area contributed by atoms with E-state index in [4.69, 9.17) is 0 Å². The fourth-order valence-corrected chi connectivity index (χ4v) is 4.93. The van der Waals surface area contributed by atoms with E-state index in [2.05, 4.69) is 13.8 Å². The molecule has 162 valence electrons. The third-order valence-electron chi connectivity index (χ3n) is 6.17. The van der Waals surface area contributed by atoms with Crippen molar-refractivity contribution in [2.24, 2.45) is 17.3 Å². The highest BCUT2D eigenvalue weighted by molar-refractivity contribution is 6.04. The van der Waals surface area contributed by atoms with Gasteiger partial charge in [0, 0.05) is 17.4 Å². The molecule has 1 heterocycles. The molecule has 0 aromatic heterocycles. The topological polar surface area (TPSA) is 54.5 Å². The number of hydrogen-bond acceptors (Lipinski definition) is 3. The van der Waals surface area contributed by atoms with Crippen molar-refractivity contribution in [1.29, 1.82) is 0 Å². The average Bonchev–Trinajstić information content (AvgIpc) is 2.91. The third kappa shape index (κ3) is 7.00. The fourth-order valence-electron chi connectivity index (χ4n) is 4.93. The summed E-state index contributed by atoms with van der Waals surface area (Å²) in [5.41, 5.74) is -1.19. The number of rotatable bonds is 14. The predicted octanol–water partition coefficient (Wildman–Crippen LogP) is 5.92. The molecular weight excluding hydrogens is 350 g/mol. The number of carbonyl (C=O) groups excluding carboxylic acids is 3. The molecule has 2 amide bonds. The molecule has 0 aliphatic carbocycles. The normalized spacial score (nSPS) is 19.4. The summed E-state index contributed by atoms with van der Waals surface area (Å²) in [6.07, 6.45) is 12.1. The van der Waals surface area contributed by atoms with Gasteiger partial charge in [-0.3, -0.25) is 14.5 Å². The van der Waals surface area contributed by atoms with E-state index in [-0.39, 0.29) is 17.7 Å². The Morgan fingerprint density at radius 2 is 1.50 bits per heavy atom. The number of aldehydes is 1. The minimum absolute atomic E-state index is 0.00584. The van der Waals surface area contributed by atoms with E-state index in [1.54, 1.807) is 0 Å². The summed E-state index contributed by atoms with van der Waals surface area (Å²) in [6.45, 7) is 12.0. The van der Waals surface area contributed by atoms with Crippen LogP contribution in [0.25, 0.3) is 0 Å². The second kappa shape index (κ2) is 11.1. The Morgan fingerprint density at radius 3 is 2.04 bits per heavy atom. The highest BCUT2D eigenvalue weighted by Crippen LogP contribution is 2.40. The van der Waals surface area contributed by atoms with E-state index in [1.807, 2.05) is 27.7 Å². The molecule has 2 atom stereocenters. The lowest BCUT2D eigenvalue weighted by molar-refractivity contribution is -0.147. The molecule has 1 aliphatic heterocycles. The van der Waals surface area contributed by atoms with E-state index in [9.17, 15) is 14.4 Å². The first-order valence-electron chi connectivity index (χ1n) is 11.4. The van der Waals surface area contributed by atoms with Crippen molar-refractivity contribution in [2.45, 2.75) is 118 Å². The van der Waals surface area contributed by atoms with Gasteiger partial charge in [0.25, 0.3) is 0 Å². The summed E-state index contributed by atoms with van der Waals surface area (Å²) in [4.78, 5) is 39.0. The zero-order valence-corrected chi connectivity index (χ0v) is 19.2. The van der Waals surface area contributed by atoms with Crippen LogP contribution in [-0.4, -0.2) is 28.5 Å². The first kappa shape index (κ1) is 24.8. The average molecular weight is 394 g/mol. The lowest BCUT2D eigenvalue weighted by atomic mass is 9.80. The quantitative estimate of drug-likeness (QED) is 0.209. The monoisotopic (exact) mass is 393 g/mol. The SMILES string of the molecule is CCCCCCC(CCCCC)C1CC(=O)N(C(C)(C)CC(C)(C)C=O)C1=O. The van der Waals surface area contributed by atoms with Crippen LogP contribution in [0.5, 0.6) is 0 Å². The maximum absolute atomic E-state index is 13.3. The van der Waals surface area contributed by atoms with Gasteiger partial charge in [0.1, 0.15) is 6.29 Å². The van der Waals surface area contributed by atoms with Crippen molar-refractivity contribution >= 4 is 18.1 Å². The highest BCUT2D eigenvalue weighted by atomic mass is 16.2. The number of unbranched alkanes of at least 4 members (excludes halogenated alkanes) is 5. The second-order valence-corrected chi connectivity index (χ2v) is 10.1. The fraction of sp³-hybridized carbons (Fsp3) is 0.875. The molecule has 0 saturated carbocycles. The zero-order chi connectivity index (χ0) is 21.4. The molecule has 0 aromatic carbocycles. The van der Waals surface area contributed by atoms with Gasteiger partial charge in [-0.25, -0.2) is 0 Å². The lowest BCUT2D eigenvalue weighted by Gasteiger charge is -2.38. The number of nitrogens with zero attached hydrogens (tertiary/aromatic N) is 1. The maximum atomic E-state index is 13.3. The van der Waals surface area contributed by atoms with Crippen LogP contribution in [0, 0.1) is 17.3 Å². The zero-order valence-electron chi connectivity index (χ0n) is 19.2. The standard InChI is InChI=1S/C24H43NO3/c1-7-9-11-13-15-19(14-12-10-8-2)20-16-21(27)25(22(20)28)24(5,6)17-23(3,4)18-26/h18-20H,7-17H2,1-6H3. The van der Waals surface area contributed by atoms with Crippen LogP contribution in [-0.2, 0) is 14.4 Å². The molecule has 4 heteroatoms. The van der Waals surface area contributed by atoms with Crippen molar-refractivity contribution in [1.82, 2.24) is 4.90 Å². The van der Waals surface area contributed by atoms with Crippen molar-refractivity contribution in [3.63, 3.8) is 0 Å². The van der Waals surface area contributed by atoms with Gasteiger partial charge in [0.15, 0.2) is 0 Å². The predicted molar refractivity (Wildman–Crippen MR) is 115 cm³/mol. The van der Waals surface area contributed by atoms with E-state index >= 15 is 0 Å². The lowest BCUT2D eigenvalue weighted by Crippen LogP contribution is -2.50. The molecule has 1 saturated heterocycles. The van der Waals surface area contributed by atoms with Crippen LogP contribution < -0.4 is 0 Å². The van der Waals surface area contributed by atoms with Gasteiger partial charge in [-0.2, -0.15) is 0 Å². The molecule has 4 nitrogen and oxygen atoms in total. The Morgan fingerprint density at radius 1 is 0.964 bits per heavy atom. The van der Waals surface area contributed by atoms with Gasteiger partial charge in [0.2, 0.25) is 11.8 Å². The van der Waals surface area contributed by atoms with Crippen LogP contribution in [0.3, 0.4) is 0 Å². The van der Waals surface area contributed by atoms with Gasteiger partial charge in [0.05, 0.1) is 5.92 Å². The molecule has 1 aliphatic rings. The Labute approximate surface area is 172 Å². The van der Waals surface area contributed by atoms with Crippen LogP contribution in [0.2, 0.25) is 0 Å². The summed E-state index contributed by atoms with van der Waals surface area (Å²) in [5.74, 6) is 0.0637. The molecule has 0 radical (unpaired) electrons. The highest BCUT2D eigenvalue weighted by Gasteiger charge is 2.49. The Bertz CT molecular complexity index is 524. The molecule has 2 unspecified atom stereocenters. The van der Waals surface area contributed by atoms with Crippen molar-refractivity contribution in [3.05, 3.63) is 0 Å². The van der Waals surface area contributed by atoms with E-state index in [0.29, 0.717) is 18.8 Å². The van der Waals surface area contributed by atoms with Gasteiger partial charge in [-0.15, -0.1) is 0 Å². The molecule has 1 rings (SSSR count). The third-order valence-corrected chi connectivity index (χ3v) is 6.17. The minimum atomic E-state index is -0.635. The van der Waals surface area contributed by atoms with E-state index < -0.39 is 11.0 Å². The van der Waals surface area contributed by atoms with Crippen LogP contribution in [0.15, 0.2) is 0 Å². The Hall–Kier alpha value is -1.19. The maximum Gasteiger partial charge on any atom is 0.233 e. The molecule has 1 fully saturated rings. The van der Waals surface area contributed by atoms with Crippen LogP contribution >= 0.6 is 0 Å². The molecule has 0 N–H and O–H groups in total. The van der Waals surface area contributed by atoms with Gasteiger partial charge >= 0.3 is 0 Å². The largest absolute Gasteiger partial charge is 0.303 e. The number of likely N-dealkylation sites (tertiary alicyclic amines) is 1. The summed E-state index contributed by atoms with van der Waals surface area (Å²) < 4.78 is 0. The summed E-state index contributed by atoms with van der Waals surface area (Å²) in [5, 5.41) is 0. The minimum Gasteiger partial charge on any atom is -0.303 e. The molecular formula is C24H43NO3. The van der Waals surface area contributed by atoms with Gasteiger partial charge < -0.3 is 4.79 Å². The van der Waals surface area contributed by atoms with Crippen LogP contribution in [0.4, 0.5) is 0 Å².